The molecule has 2 unspecified atom stereocenters. The van der Waals surface area contributed by atoms with Crippen LogP contribution in [0.2, 0.25) is 0 Å². The molecule has 0 radical (unpaired) electrons. The molecule has 1 amide bonds. The van der Waals surface area contributed by atoms with Gasteiger partial charge in [0, 0.05) is 24.3 Å². The fraction of sp³-hybridized carbons (Fsp3) is 0.538. The van der Waals surface area contributed by atoms with Gasteiger partial charge in [0.1, 0.15) is 4.60 Å². The molecular formula is C13H17BrN2O. The molecule has 0 aromatic carbocycles. The monoisotopic (exact) mass is 296 g/mol. The summed E-state index contributed by atoms with van der Waals surface area (Å²) in [5, 5.41) is 0. The number of pyridine rings is 1. The van der Waals surface area contributed by atoms with E-state index in [4.69, 9.17) is 0 Å². The first-order chi connectivity index (χ1) is 8.08. The zero-order valence-electron chi connectivity index (χ0n) is 10.2. The second kappa shape index (κ2) is 5.17. The van der Waals surface area contributed by atoms with Crippen molar-refractivity contribution in [2.45, 2.75) is 32.7 Å². The Kier molecular flexibility index (Phi) is 3.82. The normalized spacial score (nSPS) is 24.8. The first-order valence-electron chi connectivity index (χ1n) is 6.00. The molecule has 1 fully saturated rings. The Labute approximate surface area is 110 Å². The summed E-state index contributed by atoms with van der Waals surface area (Å²) < 4.78 is 0.709. The number of carbonyl (C=O) groups excluding carboxylic acids is 1. The maximum Gasteiger partial charge on any atom is 0.254 e. The maximum absolute atomic E-state index is 12.4. The molecule has 0 saturated carbocycles. The lowest BCUT2D eigenvalue weighted by Crippen LogP contribution is -2.44. The van der Waals surface area contributed by atoms with Crippen LogP contribution in [0.5, 0.6) is 0 Å². The summed E-state index contributed by atoms with van der Waals surface area (Å²) in [6.45, 7) is 5.19. The van der Waals surface area contributed by atoms with Gasteiger partial charge in [-0.25, -0.2) is 4.98 Å². The molecule has 1 saturated heterocycles. The van der Waals surface area contributed by atoms with E-state index in [1.54, 1.807) is 18.3 Å². The lowest BCUT2D eigenvalue weighted by molar-refractivity contribution is 0.0574. The van der Waals surface area contributed by atoms with E-state index in [2.05, 4.69) is 34.8 Å². The van der Waals surface area contributed by atoms with Gasteiger partial charge in [-0.1, -0.05) is 6.92 Å². The predicted octanol–water partition coefficient (Wildman–Crippen LogP) is 3.10. The third kappa shape index (κ3) is 2.86. The van der Waals surface area contributed by atoms with Crippen LogP contribution in [0.4, 0.5) is 0 Å². The van der Waals surface area contributed by atoms with Crippen molar-refractivity contribution in [1.82, 2.24) is 9.88 Å². The quantitative estimate of drug-likeness (QED) is 0.746. The molecule has 92 valence electrons. The highest BCUT2D eigenvalue weighted by molar-refractivity contribution is 9.10. The van der Waals surface area contributed by atoms with Crippen LogP contribution < -0.4 is 0 Å². The van der Waals surface area contributed by atoms with Gasteiger partial charge >= 0.3 is 0 Å². The Balaban J connectivity index is 2.18. The van der Waals surface area contributed by atoms with Crippen molar-refractivity contribution in [3.63, 3.8) is 0 Å². The van der Waals surface area contributed by atoms with Crippen LogP contribution in [0.1, 0.15) is 37.0 Å². The van der Waals surface area contributed by atoms with Gasteiger partial charge in [-0.05, 0) is 53.7 Å². The number of rotatable bonds is 1. The highest BCUT2D eigenvalue weighted by Crippen LogP contribution is 2.23. The largest absolute Gasteiger partial charge is 0.336 e. The van der Waals surface area contributed by atoms with Crippen molar-refractivity contribution in [2.75, 3.05) is 6.54 Å². The zero-order chi connectivity index (χ0) is 12.4. The number of aromatic nitrogens is 1. The fourth-order valence-electron chi connectivity index (χ4n) is 2.27. The number of halogens is 1. The number of piperidine rings is 1. The number of carbonyl (C=O) groups is 1. The summed E-state index contributed by atoms with van der Waals surface area (Å²) >= 11 is 3.30. The van der Waals surface area contributed by atoms with Gasteiger partial charge in [-0.15, -0.1) is 0 Å². The van der Waals surface area contributed by atoms with E-state index in [0.29, 0.717) is 22.1 Å². The number of likely N-dealkylation sites (tertiary alicyclic amines) is 1. The molecule has 2 rings (SSSR count). The molecule has 1 aromatic heterocycles. The van der Waals surface area contributed by atoms with E-state index in [1.807, 2.05) is 4.90 Å². The second-order valence-electron chi connectivity index (χ2n) is 4.86. The predicted molar refractivity (Wildman–Crippen MR) is 70.8 cm³/mol. The molecule has 3 nitrogen and oxygen atoms in total. The van der Waals surface area contributed by atoms with Gasteiger partial charge in [0.2, 0.25) is 0 Å². The highest BCUT2D eigenvalue weighted by Gasteiger charge is 2.27. The highest BCUT2D eigenvalue weighted by atomic mass is 79.9. The van der Waals surface area contributed by atoms with Gasteiger partial charge in [0.15, 0.2) is 0 Å². The van der Waals surface area contributed by atoms with Crippen molar-refractivity contribution < 1.29 is 4.79 Å². The molecule has 0 spiro atoms. The lowest BCUT2D eigenvalue weighted by atomic mass is 9.94. The van der Waals surface area contributed by atoms with Crippen molar-refractivity contribution in [3.8, 4) is 0 Å². The van der Waals surface area contributed by atoms with Crippen molar-refractivity contribution in [3.05, 3.63) is 28.5 Å². The minimum Gasteiger partial charge on any atom is -0.336 e. The summed E-state index contributed by atoms with van der Waals surface area (Å²) in [5.74, 6) is 0.715. The van der Waals surface area contributed by atoms with Gasteiger partial charge < -0.3 is 4.90 Å². The third-order valence-corrected chi connectivity index (χ3v) is 3.79. The molecule has 0 N–H and O–H groups in total. The van der Waals surface area contributed by atoms with Crippen LogP contribution in [0, 0.1) is 5.92 Å². The van der Waals surface area contributed by atoms with Gasteiger partial charge in [-0.3, -0.25) is 4.79 Å². The van der Waals surface area contributed by atoms with E-state index < -0.39 is 0 Å². The van der Waals surface area contributed by atoms with Gasteiger partial charge in [-0.2, -0.15) is 0 Å². The fourth-order valence-corrected chi connectivity index (χ4v) is 2.64. The van der Waals surface area contributed by atoms with Crippen LogP contribution in [0.15, 0.2) is 22.9 Å². The molecule has 0 bridgehead atoms. The van der Waals surface area contributed by atoms with E-state index in [9.17, 15) is 4.79 Å². The first-order valence-corrected chi connectivity index (χ1v) is 6.79. The second-order valence-corrected chi connectivity index (χ2v) is 5.67. The van der Waals surface area contributed by atoms with Crippen LogP contribution >= 0.6 is 15.9 Å². The van der Waals surface area contributed by atoms with Crippen LogP contribution in [0.3, 0.4) is 0 Å². The summed E-state index contributed by atoms with van der Waals surface area (Å²) in [5.41, 5.74) is 0.716. The molecule has 0 aliphatic carbocycles. The standard InChI is InChI=1S/C13H17BrN2O/c1-9-3-4-10(2)16(8-9)13(17)11-5-6-15-12(14)7-11/h5-7,9-10H,3-4,8H2,1-2H3. The minimum absolute atomic E-state index is 0.118. The Morgan fingerprint density at radius 3 is 2.94 bits per heavy atom. The smallest absolute Gasteiger partial charge is 0.254 e. The lowest BCUT2D eigenvalue weighted by Gasteiger charge is -2.36. The number of amides is 1. The van der Waals surface area contributed by atoms with E-state index in [1.165, 1.54) is 6.42 Å². The molecule has 2 atom stereocenters. The van der Waals surface area contributed by atoms with E-state index in [-0.39, 0.29) is 5.91 Å². The molecule has 1 aliphatic heterocycles. The molecule has 1 aromatic rings. The number of nitrogens with zero attached hydrogens (tertiary/aromatic N) is 2. The Hall–Kier alpha value is -0.900. The van der Waals surface area contributed by atoms with Crippen molar-refractivity contribution in [2.24, 2.45) is 5.92 Å². The van der Waals surface area contributed by atoms with E-state index in [0.717, 1.165) is 13.0 Å². The van der Waals surface area contributed by atoms with Crippen molar-refractivity contribution >= 4 is 21.8 Å². The summed E-state index contributed by atoms with van der Waals surface area (Å²) in [6, 6.07) is 3.90. The Morgan fingerprint density at radius 2 is 2.24 bits per heavy atom. The van der Waals surface area contributed by atoms with E-state index >= 15 is 0 Å². The van der Waals surface area contributed by atoms with Crippen LogP contribution in [0.25, 0.3) is 0 Å². The Morgan fingerprint density at radius 1 is 1.47 bits per heavy atom. The number of hydrogen-bond donors (Lipinski definition) is 0. The summed E-state index contributed by atoms with van der Waals surface area (Å²) in [4.78, 5) is 18.4. The third-order valence-electron chi connectivity index (χ3n) is 3.35. The SMILES string of the molecule is CC1CCC(C)N(C(=O)c2ccnc(Br)c2)C1. The molecule has 17 heavy (non-hydrogen) atoms. The first kappa shape index (κ1) is 12.6. The van der Waals surface area contributed by atoms with Crippen molar-refractivity contribution in [1.29, 1.82) is 0 Å². The minimum atomic E-state index is 0.118. The van der Waals surface area contributed by atoms with Gasteiger partial charge in [0.25, 0.3) is 5.91 Å². The molecule has 1 aliphatic rings. The van der Waals surface area contributed by atoms with Gasteiger partial charge in [0.05, 0.1) is 0 Å². The summed E-state index contributed by atoms with van der Waals surface area (Å²) in [7, 11) is 0. The molecule has 4 heteroatoms. The van der Waals surface area contributed by atoms with Crippen LogP contribution in [-0.2, 0) is 0 Å². The van der Waals surface area contributed by atoms with Crippen LogP contribution in [-0.4, -0.2) is 28.4 Å². The average Bonchev–Trinajstić information content (AvgIpc) is 2.31. The maximum atomic E-state index is 12.4. The Bertz CT molecular complexity index is 422. The average molecular weight is 297 g/mol. The topological polar surface area (TPSA) is 33.2 Å². The molecular weight excluding hydrogens is 280 g/mol. The summed E-state index contributed by atoms with van der Waals surface area (Å²) in [6.07, 6.45) is 3.97. The molecule has 2 heterocycles. The zero-order valence-corrected chi connectivity index (χ0v) is 11.8. The number of hydrogen-bond acceptors (Lipinski definition) is 2.